The summed E-state index contributed by atoms with van der Waals surface area (Å²) in [4.78, 5) is 23.3. The minimum absolute atomic E-state index is 0.00302. The van der Waals surface area contributed by atoms with E-state index >= 15 is 0 Å². The Morgan fingerprint density at radius 1 is 1.30 bits per heavy atom. The first-order chi connectivity index (χ1) is 9.54. The van der Waals surface area contributed by atoms with Gasteiger partial charge < -0.3 is 20.1 Å². The Balaban J connectivity index is 2.25. The Morgan fingerprint density at radius 3 is 2.50 bits per heavy atom. The van der Waals surface area contributed by atoms with Crippen LogP contribution in [0.2, 0.25) is 0 Å². The molecule has 116 valence electrons. The van der Waals surface area contributed by atoms with Gasteiger partial charge in [-0.3, -0.25) is 4.79 Å². The van der Waals surface area contributed by atoms with Gasteiger partial charge >= 0.3 is 5.97 Å². The SMILES string of the molecule is COC(=O)[C@@H](NC(=O)CCOC1CCNCC1)C(C)C. The van der Waals surface area contributed by atoms with Crippen LogP contribution in [0.3, 0.4) is 0 Å². The third-order valence-corrected chi connectivity index (χ3v) is 3.41. The smallest absolute Gasteiger partial charge is 0.328 e. The molecule has 0 spiro atoms. The fourth-order valence-electron chi connectivity index (χ4n) is 2.15. The highest BCUT2D eigenvalue weighted by atomic mass is 16.5. The maximum Gasteiger partial charge on any atom is 0.328 e. The highest BCUT2D eigenvalue weighted by Crippen LogP contribution is 2.08. The summed E-state index contributed by atoms with van der Waals surface area (Å²) in [6.45, 7) is 6.06. The van der Waals surface area contributed by atoms with Crippen LogP contribution in [0.5, 0.6) is 0 Å². The molecular weight excluding hydrogens is 260 g/mol. The summed E-state index contributed by atoms with van der Waals surface area (Å²) in [5.41, 5.74) is 0. The average molecular weight is 286 g/mol. The number of piperidine rings is 1. The van der Waals surface area contributed by atoms with E-state index in [4.69, 9.17) is 4.74 Å². The van der Waals surface area contributed by atoms with Crippen molar-refractivity contribution >= 4 is 11.9 Å². The molecule has 1 fully saturated rings. The molecule has 1 rings (SSSR count). The van der Waals surface area contributed by atoms with E-state index in [1.165, 1.54) is 7.11 Å². The van der Waals surface area contributed by atoms with E-state index in [0.29, 0.717) is 6.61 Å². The molecular formula is C14H26N2O4. The molecule has 0 aliphatic carbocycles. The fraction of sp³-hybridized carbons (Fsp3) is 0.857. The number of hydrogen-bond donors (Lipinski definition) is 2. The Hall–Kier alpha value is -1.14. The maximum atomic E-state index is 11.8. The second kappa shape index (κ2) is 8.92. The summed E-state index contributed by atoms with van der Waals surface area (Å²) in [7, 11) is 1.32. The molecule has 1 heterocycles. The third kappa shape index (κ3) is 5.88. The van der Waals surface area contributed by atoms with Gasteiger partial charge in [0.15, 0.2) is 0 Å². The number of amides is 1. The van der Waals surface area contributed by atoms with Crippen molar-refractivity contribution in [1.82, 2.24) is 10.6 Å². The zero-order valence-corrected chi connectivity index (χ0v) is 12.6. The summed E-state index contributed by atoms with van der Waals surface area (Å²) >= 11 is 0. The summed E-state index contributed by atoms with van der Waals surface area (Å²) in [6.07, 6.45) is 2.48. The number of esters is 1. The lowest BCUT2D eigenvalue weighted by molar-refractivity contribution is -0.146. The highest BCUT2D eigenvalue weighted by Gasteiger charge is 2.24. The molecule has 0 bridgehead atoms. The van der Waals surface area contributed by atoms with E-state index in [-0.39, 0.29) is 24.3 Å². The number of carbonyl (C=O) groups excluding carboxylic acids is 2. The Kier molecular flexibility index (Phi) is 7.54. The number of rotatable bonds is 7. The van der Waals surface area contributed by atoms with E-state index < -0.39 is 12.0 Å². The molecule has 0 aromatic heterocycles. The molecule has 0 aromatic rings. The van der Waals surface area contributed by atoms with Crippen molar-refractivity contribution in [1.29, 1.82) is 0 Å². The predicted molar refractivity (Wildman–Crippen MR) is 75.2 cm³/mol. The molecule has 1 atom stereocenters. The van der Waals surface area contributed by atoms with Crippen molar-refractivity contribution in [2.24, 2.45) is 5.92 Å². The van der Waals surface area contributed by atoms with Gasteiger partial charge in [-0.2, -0.15) is 0 Å². The zero-order chi connectivity index (χ0) is 15.0. The van der Waals surface area contributed by atoms with Gasteiger partial charge in [0.2, 0.25) is 5.91 Å². The van der Waals surface area contributed by atoms with Crippen LogP contribution in [0.1, 0.15) is 33.1 Å². The van der Waals surface area contributed by atoms with E-state index in [1.54, 1.807) is 0 Å². The van der Waals surface area contributed by atoms with Gasteiger partial charge in [-0.25, -0.2) is 4.79 Å². The van der Waals surface area contributed by atoms with Gasteiger partial charge in [0.25, 0.3) is 0 Å². The van der Waals surface area contributed by atoms with E-state index in [0.717, 1.165) is 25.9 Å². The third-order valence-electron chi connectivity index (χ3n) is 3.41. The zero-order valence-electron chi connectivity index (χ0n) is 12.6. The van der Waals surface area contributed by atoms with Crippen molar-refractivity contribution in [3.63, 3.8) is 0 Å². The fourth-order valence-corrected chi connectivity index (χ4v) is 2.15. The molecule has 0 aromatic carbocycles. The summed E-state index contributed by atoms with van der Waals surface area (Å²) in [5, 5.41) is 5.96. The lowest BCUT2D eigenvalue weighted by atomic mass is 10.0. The summed E-state index contributed by atoms with van der Waals surface area (Å²) in [5.74, 6) is -0.590. The van der Waals surface area contributed by atoms with Crippen LogP contribution in [0.25, 0.3) is 0 Å². The van der Waals surface area contributed by atoms with Crippen LogP contribution in [-0.4, -0.2) is 50.8 Å². The number of hydrogen-bond acceptors (Lipinski definition) is 5. The standard InChI is InChI=1S/C14H26N2O4/c1-10(2)13(14(18)19-3)16-12(17)6-9-20-11-4-7-15-8-5-11/h10-11,13,15H,4-9H2,1-3H3,(H,16,17)/t13-/m0/s1. The molecule has 0 radical (unpaired) electrons. The van der Waals surface area contributed by atoms with Crippen LogP contribution in [0, 0.1) is 5.92 Å². The van der Waals surface area contributed by atoms with Crippen molar-refractivity contribution in [3.8, 4) is 0 Å². The minimum Gasteiger partial charge on any atom is -0.467 e. The molecule has 1 amide bonds. The molecule has 0 unspecified atom stereocenters. The molecule has 1 saturated heterocycles. The van der Waals surface area contributed by atoms with Gasteiger partial charge in [-0.15, -0.1) is 0 Å². The summed E-state index contributed by atoms with van der Waals surface area (Å²) in [6, 6.07) is -0.591. The Labute approximate surface area is 120 Å². The second-order valence-electron chi connectivity index (χ2n) is 5.38. The van der Waals surface area contributed by atoms with Crippen LogP contribution < -0.4 is 10.6 Å². The Morgan fingerprint density at radius 2 is 1.95 bits per heavy atom. The molecule has 2 N–H and O–H groups in total. The van der Waals surface area contributed by atoms with Crippen molar-refractivity contribution in [2.75, 3.05) is 26.8 Å². The lowest BCUT2D eigenvalue weighted by Crippen LogP contribution is -2.45. The van der Waals surface area contributed by atoms with E-state index in [2.05, 4.69) is 15.4 Å². The van der Waals surface area contributed by atoms with E-state index in [1.807, 2.05) is 13.8 Å². The lowest BCUT2D eigenvalue weighted by Gasteiger charge is -2.23. The van der Waals surface area contributed by atoms with Gasteiger partial charge in [0.1, 0.15) is 6.04 Å². The van der Waals surface area contributed by atoms with Gasteiger partial charge in [0.05, 0.1) is 19.8 Å². The molecule has 20 heavy (non-hydrogen) atoms. The first kappa shape index (κ1) is 16.9. The first-order valence-electron chi connectivity index (χ1n) is 7.24. The molecule has 6 heteroatoms. The van der Waals surface area contributed by atoms with Crippen LogP contribution in [0.15, 0.2) is 0 Å². The monoisotopic (exact) mass is 286 g/mol. The second-order valence-corrected chi connectivity index (χ2v) is 5.38. The minimum atomic E-state index is -0.591. The van der Waals surface area contributed by atoms with E-state index in [9.17, 15) is 9.59 Å². The quantitative estimate of drug-likeness (QED) is 0.665. The van der Waals surface area contributed by atoms with Crippen molar-refractivity contribution in [3.05, 3.63) is 0 Å². The normalized spacial score (nSPS) is 17.8. The highest BCUT2D eigenvalue weighted by molar-refractivity contribution is 5.84. The largest absolute Gasteiger partial charge is 0.467 e. The topological polar surface area (TPSA) is 76.7 Å². The average Bonchev–Trinajstić information content (AvgIpc) is 2.45. The van der Waals surface area contributed by atoms with Crippen LogP contribution in [0.4, 0.5) is 0 Å². The maximum absolute atomic E-state index is 11.8. The number of ether oxygens (including phenoxy) is 2. The predicted octanol–water partition coefficient (Wildman–Crippen LogP) is 0.459. The van der Waals surface area contributed by atoms with Crippen LogP contribution in [-0.2, 0) is 19.1 Å². The van der Waals surface area contributed by atoms with Gasteiger partial charge in [-0.05, 0) is 31.8 Å². The van der Waals surface area contributed by atoms with Gasteiger partial charge in [-0.1, -0.05) is 13.8 Å². The van der Waals surface area contributed by atoms with Crippen molar-refractivity contribution in [2.45, 2.75) is 45.3 Å². The molecule has 1 aliphatic heterocycles. The summed E-state index contributed by atoms with van der Waals surface area (Å²) < 4.78 is 10.3. The molecule has 6 nitrogen and oxygen atoms in total. The van der Waals surface area contributed by atoms with Crippen LogP contribution >= 0.6 is 0 Å². The molecule has 0 saturated carbocycles. The number of carbonyl (C=O) groups is 2. The van der Waals surface area contributed by atoms with Crippen molar-refractivity contribution < 1.29 is 19.1 Å². The van der Waals surface area contributed by atoms with Gasteiger partial charge in [0, 0.05) is 6.42 Å². The first-order valence-corrected chi connectivity index (χ1v) is 7.24. The molecule has 1 aliphatic rings. The Bertz CT molecular complexity index is 314. The number of nitrogens with one attached hydrogen (secondary N) is 2. The number of methoxy groups -OCH3 is 1.